The molecule has 0 aliphatic carbocycles. The number of hydrogen-bond donors (Lipinski definition) is 2. The number of nitrogens with one attached hydrogen (secondary N) is 2. The minimum absolute atomic E-state index is 0.0220. The van der Waals surface area contributed by atoms with E-state index in [9.17, 15) is 9.59 Å². The highest BCUT2D eigenvalue weighted by Crippen LogP contribution is 2.30. The molecule has 26 heavy (non-hydrogen) atoms. The minimum Gasteiger partial charge on any atom is -0.353 e. The summed E-state index contributed by atoms with van der Waals surface area (Å²) in [6.07, 6.45) is 3.82. The van der Waals surface area contributed by atoms with Crippen LogP contribution in [-0.2, 0) is 11.2 Å². The zero-order chi connectivity index (χ0) is 19.3. The average Bonchev–Trinajstić information content (AvgIpc) is 2.93. The van der Waals surface area contributed by atoms with Gasteiger partial charge in [-0.15, -0.1) is 11.3 Å². The van der Waals surface area contributed by atoms with E-state index in [2.05, 4.69) is 49.9 Å². The van der Waals surface area contributed by atoms with Crippen molar-refractivity contribution in [2.24, 2.45) is 5.92 Å². The number of carbonyl (C=O) groups is 1. The van der Waals surface area contributed by atoms with Gasteiger partial charge in [-0.05, 0) is 37.7 Å². The van der Waals surface area contributed by atoms with Crippen molar-refractivity contribution in [3.63, 3.8) is 0 Å². The summed E-state index contributed by atoms with van der Waals surface area (Å²) in [4.78, 5) is 34.0. The Bertz CT molecular complexity index is 809. The van der Waals surface area contributed by atoms with Crippen LogP contribution in [-0.4, -0.2) is 27.7 Å². The number of hydrogen-bond acceptors (Lipinski definition) is 5. The maximum atomic E-state index is 12.6. The van der Waals surface area contributed by atoms with Crippen molar-refractivity contribution in [2.75, 3.05) is 5.75 Å². The fourth-order valence-electron chi connectivity index (χ4n) is 2.86. The molecule has 0 unspecified atom stereocenters. The second-order valence-corrected chi connectivity index (χ2v) is 8.94. The topological polar surface area (TPSA) is 74.8 Å². The lowest BCUT2D eigenvalue weighted by Crippen LogP contribution is -2.35. The number of aromatic amines is 1. The molecule has 5 nitrogen and oxygen atoms in total. The first-order chi connectivity index (χ1) is 12.4. The van der Waals surface area contributed by atoms with Crippen molar-refractivity contribution in [3.8, 4) is 0 Å². The Balaban J connectivity index is 2.16. The number of thioether (sulfide) groups is 1. The summed E-state index contributed by atoms with van der Waals surface area (Å²) in [7, 11) is 0. The molecule has 1 atom stereocenters. The van der Waals surface area contributed by atoms with E-state index in [0.717, 1.165) is 46.3 Å². The van der Waals surface area contributed by atoms with Crippen molar-refractivity contribution in [1.82, 2.24) is 15.3 Å². The van der Waals surface area contributed by atoms with Crippen molar-refractivity contribution in [3.05, 3.63) is 20.8 Å². The lowest BCUT2D eigenvalue weighted by atomic mass is 9.98. The first-order valence-electron chi connectivity index (χ1n) is 9.33. The monoisotopic (exact) mass is 395 g/mol. The van der Waals surface area contributed by atoms with E-state index in [0.29, 0.717) is 11.1 Å². The molecule has 0 radical (unpaired) electrons. The van der Waals surface area contributed by atoms with E-state index in [1.165, 1.54) is 11.8 Å². The highest BCUT2D eigenvalue weighted by molar-refractivity contribution is 7.99. The van der Waals surface area contributed by atoms with Gasteiger partial charge in [0.15, 0.2) is 5.16 Å². The van der Waals surface area contributed by atoms with Crippen LogP contribution < -0.4 is 10.9 Å². The zero-order valence-electron chi connectivity index (χ0n) is 16.3. The van der Waals surface area contributed by atoms with Crippen molar-refractivity contribution in [1.29, 1.82) is 0 Å². The molecule has 0 bridgehead atoms. The summed E-state index contributed by atoms with van der Waals surface area (Å²) in [6, 6.07) is 0.209. The maximum Gasteiger partial charge on any atom is 0.260 e. The van der Waals surface area contributed by atoms with Crippen molar-refractivity contribution in [2.45, 2.75) is 71.5 Å². The van der Waals surface area contributed by atoms with Crippen LogP contribution in [0.2, 0.25) is 0 Å². The Morgan fingerprint density at radius 2 is 1.96 bits per heavy atom. The highest BCUT2D eigenvalue weighted by Gasteiger charge is 2.17. The van der Waals surface area contributed by atoms with Crippen LogP contribution in [0.25, 0.3) is 10.2 Å². The Morgan fingerprint density at radius 1 is 1.27 bits per heavy atom. The van der Waals surface area contributed by atoms with Gasteiger partial charge in [0, 0.05) is 10.9 Å². The van der Waals surface area contributed by atoms with Gasteiger partial charge < -0.3 is 10.3 Å². The zero-order valence-corrected chi connectivity index (χ0v) is 17.9. The number of rotatable bonds is 9. The predicted molar refractivity (Wildman–Crippen MR) is 111 cm³/mol. The number of aromatic nitrogens is 2. The molecule has 0 fully saturated rings. The molecule has 2 aromatic rings. The molecule has 0 saturated carbocycles. The number of amides is 1. The second-order valence-electron chi connectivity index (χ2n) is 6.78. The first kappa shape index (κ1) is 21.0. The van der Waals surface area contributed by atoms with E-state index >= 15 is 0 Å². The molecule has 0 aliphatic heterocycles. The Kier molecular flexibility index (Phi) is 7.70. The van der Waals surface area contributed by atoms with Crippen LogP contribution in [0.15, 0.2) is 9.95 Å². The van der Waals surface area contributed by atoms with Crippen LogP contribution >= 0.6 is 23.1 Å². The van der Waals surface area contributed by atoms with Crippen molar-refractivity contribution < 1.29 is 4.79 Å². The summed E-state index contributed by atoms with van der Waals surface area (Å²) in [5, 5.41) is 4.24. The highest BCUT2D eigenvalue weighted by atomic mass is 32.2. The van der Waals surface area contributed by atoms with E-state index < -0.39 is 0 Å². The maximum absolute atomic E-state index is 12.6. The Morgan fingerprint density at radius 3 is 2.58 bits per heavy atom. The first-order valence-corrected chi connectivity index (χ1v) is 11.1. The average molecular weight is 396 g/mol. The van der Waals surface area contributed by atoms with Gasteiger partial charge in [0.1, 0.15) is 4.83 Å². The van der Waals surface area contributed by atoms with Crippen LogP contribution in [0, 0.1) is 12.8 Å². The molecule has 1 amide bonds. The molecular formula is C19H29N3O2S2. The predicted octanol–water partition coefficient (Wildman–Crippen LogP) is 4.28. The molecule has 0 aliphatic rings. The van der Waals surface area contributed by atoms with Gasteiger partial charge in [-0.25, -0.2) is 4.98 Å². The fourth-order valence-corrected chi connectivity index (χ4v) is 4.64. The van der Waals surface area contributed by atoms with Gasteiger partial charge in [-0.3, -0.25) is 9.59 Å². The third kappa shape index (κ3) is 5.10. The summed E-state index contributed by atoms with van der Waals surface area (Å²) >= 11 is 2.85. The van der Waals surface area contributed by atoms with E-state index in [1.54, 1.807) is 11.3 Å². The normalized spacial score (nSPS) is 12.7. The molecular weight excluding hydrogens is 366 g/mol. The minimum atomic E-state index is -0.0967. The van der Waals surface area contributed by atoms with Crippen LogP contribution in [0.5, 0.6) is 0 Å². The van der Waals surface area contributed by atoms with Crippen molar-refractivity contribution >= 4 is 39.2 Å². The Labute approximate surface area is 163 Å². The number of fused-ring (bicyclic) bond motifs is 1. The molecule has 0 spiro atoms. The molecule has 0 aromatic carbocycles. The van der Waals surface area contributed by atoms with Gasteiger partial charge >= 0.3 is 0 Å². The number of carbonyl (C=O) groups excluding carboxylic acids is 1. The Hall–Kier alpha value is -1.34. The summed E-state index contributed by atoms with van der Waals surface area (Å²) < 4.78 is 0. The lowest BCUT2D eigenvalue weighted by Gasteiger charge is -2.14. The van der Waals surface area contributed by atoms with Crippen LogP contribution in [0.4, 0.5) is 0 Å². The van der Waals surface area contributed by atoms with Gasteiger partial charge in [-0.1, -0.05) is 45.9 Å². The second kappa shape index (κ2) is 9.55. The third-order valence-electron chi connectivity index (χ3n) is 4.78. The molecule has 2 N–H and O–H groups in total. The summed E-state index contributed by atoms with van der Waals surface area (Å²) in [5.41, 5.74) is 1.02. The van der Waals surface area contributed by atoms with E-state index in [-0.39, 0.29) is 23.3 Å². The smallest absolute Gasteiger partial charge is 0.260 e. The summed E-state index contributed by atoms with van der Waals surface area (Å²) in [5.74, 6) is 0.773. The molecule has 144 valence electrons. The van der Waals surface area contributed by atoms with Gasteiger partial charge in [0.2, 0.25) is 5.91 Å². The molecule has 2 aromatic heterocycles. The van der Waals surface area contributed by atoms with E-state index in [4.69, 9.17) is 0 Å². The van der Waals surface area contributed by atoms with Gasteiger partial charge in [0.05, 0.1) is 11.1 Å². The van der Waals surface area contributed by atoms with Crippen LogP contribution in [0.1, 0.15) is 57.4 Å². The number of nitrogens with zero attached hydrogens (tertiary/aromatic N) is 1. The molecule has 2 heterocycles. The molecule has 7 heteroatoms. The third-order valence-corrected chi connectivity index (χ3v) is 6.70. The number of aryl methyl sites for hydroxylation is 1. The quantitative estimate of drug-likeness (QED) is 0.491. The lowest BCUT2D eigenvalue weighted by molar-refractivity contribution is -0.119. The standard InChI is InChI=1S/C19H29N3O2S2/c1-6-11(4)9-14-12(5)26-18-16(14)17(24)21-19(22-18)25-10-15(23)20-13(7-2)8-3/h11,13H,6-10H2,1-5H3,(H,20,23)(H,21,22,24)/t11-/m1/s1. The van der Waals surface area contributed by atoms with Gasteiger partial charge in [0.25, 0.3) is 5.56 Å². The largest absolute Gasteiger partial charge is 0.353 e. The van der Waals surface area contributed by atoms with E-state index in [1.807, 2.05) is 0 Å². The fraction of sp³-hybridized carbons (Fsp3) is 0.632. The molecule has 0 saturated heterocycles. The van der Waals surface area contributed by atoms with Gasteiger partial charge in [-0.2, -0.15) is 0 Å². The SMILES string of the molecule is CCC(CC)NC(=O)CSc1nc2sc(C)c(C[C@H](C)CC)c2c(=O)[nH]1. The summed E-state index contributed by atoms with van der Waals surface area (Å²) in [6.45, 7) is 10.5. The molecule has 2 rings (SSSR count). The number of thiophene rings is 1. The van der Waals surface area contributed by atoms with Crippen LogP contribution in [0.3, 0.4) is 0 Å². The number of H-pyrrole nitrogens is 1.